The Kier molecular flexibility index (Phi) is 5.45. The summed E-state index contributed by atoms with van der Waals surface area (Å²) in [5.41, 5.74) is 0.646. The first-order chi connectivity index (χ1) is 10.4. The maximum atomic E-state index is 12.2. The van der Waals surface area contributed by atoms with E-state index in [1.165, 1.54) is 0 Å². The highest BCUT2D eigenvalue weighted by atomic mass is 16.6. The first-order valence-electron chi connectivity index (χ1n) is 8.09. The fourth-order valence-corrected chi connectivity index (χ4v) is 2.78. The highest BCUT2D eigenvalue weighted by Crippen LogP contribution is 2.23. The Morgan fingerprint density at radius 2 is 2.36 bits per heavy atom. The van der Waals surface area contributed by atoms with Crippen molar-refractivity contribution in [2.75, 3.05) is 13.1 Å². The Labute approximate surface area is 132 Å². The van der Waals surface area contributed by atoms with Crippen LogP contribution in [0.2, 0.25) is 0 Å². The quantitative estimate of drug-likeness (QED) is 0.877. The van der Waals surface area contributed by atoms with Crippen molar-refractivity contribution < 1.29 is 9.53 Å². The molecule has 1 aromatic rings. The molecule has 0 saturated carbocycles. The molecule has 1 aliphatic rings. The molecule has 0 radical (unpaired) electrons. The van der Waals surface area contributed by atoms with Crippen LogP contribution in [0.4, 0.5) is 4.79 Å². The fourth-order valence-electron chi connectivity index (χ4n) is 2.78. The molecule has 6 heteroatoms. The number of carbonyl (C=O) groups is 1. The summed E-state index contributed by atoms with van der Waals surface area (Å²) in [5, 5.41) is 10.4. The molecule has 0 bridgehead atoms. The molecule has 22 heavy (non-hydrogen) atoms. The molecule has 1 saturated heterocycles. The zero-order valence-electron chi connectivity index (χ0n) is 14.1. The number of amides is 1. The average molecular weight is 308 g/mol. The number of aromatic amines is 1. The molecule has 2 heterocycles. The van der Waals surface area contributed by atoms with E-state index in [-0.39, 0.29) is 18.2 Å². The van der Waals surface area contributed by atoms with Gasteiger partial charge in [-0.2, -0.15) is 5.10 Å². The van der Waals surface area contributed by atoms with Crippen molar-refractivity contribution >= 4 is 6.09 Å². The van der Waals surface area contributed by atoms with Crippen molar-refractivity contribution in [1.29, 1.82) is 0 Å². The monoisotopic (exact) mass is 308 g/mol. The molecule has 1 aromatic heterocycles. The van der Waals surface area contributed by atoms with E-state index >= 15 is 0 Å². The minimum absolute atomic E-state index is 0.184. The molecular formula is C16H28N4O2. The molecule has 1 fully saturated rings. The third kappa shape index (κ3) is 4.73. The number of nitrogens with zero attached hydrogens (tertiary/aromatic N) is 2. The van der Waals surface area contributed by atoms with Crippen molar-refractivity contribution in [2.45, 2.75) is 64.6 Å². The van der Waals surface area contributed by atoms with Crippen molar-refractivity contribution in [3.8, 4) is 0 Å². The third-order valence-corrected chi connectivity index (χ3v) is 3.92. The van der Waals surface area contributed by atoms with E-state index in [1.54, 1.807) is 6.20 Å². The minimum atomic E-state index is -0.433. The van der Waals surface area contributed by atoms with Crippen LogP contribution in [-0.2, 0) is 4.74 Å². The largest absolute Gasteiger partial charge is 0.444 e. The van der Waals surface area contributed by atoms with E-state index in [0.717, 1.165) is 38.0 Å². The zero-order chi connectivity index (χ0) is 16.2. The number of aromatic nitrogens is 2. The van der Waals surface area contributed by atoms with Crippen molar-refractivity contribution in [3.63, 3.8) is 0 Å². The molecule has 0 aliphatic carbocycles. The number of nitrogens with one attached hydrogen (secondary N) is 2. The van der Waals surface area contributed by atoms with Gasteiger partial charge in [0, 0.05) is 24.8 Å². The van der Waals surface area contributed by atoms with Crippen LogP contribution in [0.3, 0.4) is 0 Å². The van der Waals surface area contributed by atoms with Gasteiger partial charge >= 0.3 is 6.09 Å². The summed E-state index contributed by atoms with van der Waals surface area (Å²) >= 11 is 0. The van der Waals surface area contributed by atoms with E-state index in [0.29, 0.717) is 0 Å². The smallest absolute Gasteiger partial charge is 0.410 e. The summed E-state index contributed by atoms with van der Waals surface area (Å²) in [5.74, 6) is 0. The van der Waals surface area contributed by atoms with Gasteiger partial charge in [0.1, 0.15) is 5.60 Å². The summed E-state index contributed by atoms with van der Waals surface area (Å²) in [7, 11) is 0. The predicted molar refractivity (Wildman–Crippen MR) is 85.6 cm³/mol. The molecular weight excluding hydrogens is 280 g/mol. The lowest BCUT2D eigenvalue weighted by Gasteiger charge is -2.29. The zero-order valence-corrected chi connectivity index (χ0v) is 14.1. The normalized spacial score (nSPS) is 20.2. The highest BCUT2D eigenvalue weighted by Gasteiger charge is 2.31. The van der Waals surface area contributed by atoms with E-state index in [9.17, 15) is 4.79 Å². The van der Waals surface area contributed by atoms with E-state index in [4.69, 9.17) is 4.74 Å². The summed E-state index contributed by atoms with van der Waals surface area (Å²) in [6, 6.07) is 2.48. The van der Waals surface area contributed by atoms with Crippen molar-refractivity contribution in [3.05, 3.63) is 18.0 Å². The number of H-pyrrole nitrogens is 1. The second-order valence-electron chi connectivity index (χ2n) is 6.95. The Morgan fingerprint density at radius 1 is 1.59 bits per heavy atom. The van der Waals surface area contributed by atoms with Gasteiger partial charge in [-0.1, -0.05) is 0 Å². The number of carbonyl (C=O) groups excluding carboxylic acids is 1. The van der Waals surface area contributed by atoms with Gasteiger partial charge < -0.3 is 15.0 Å². The van der Waals surface area contributed by atoms with E-state index in [1.807, 2.05) is 31.7 Å². The number of hydrogen-bond donors (Lipinski definition) is 2. The van der Waals surface area contributed by atoms with Crippen LogP contribution in [0.1, 0.15) is 58.7 Å². The Balaban J connectivity index is 1.78. The van der Waals surface area contributed by atoms with Crippen molar-refractivity contribution in [1.82, 2.24) is 20.4 Å². The van der Waals surface area contributed by atoms with Gasteiger partial charge in [0.2, 0.25) is 0 Å². The second kappa shape index (κ2) is 7.13. The molecule has 2 rings (SSSR count). The van der Waals surface area contributed by atoms with Crippen LogP contribution in [0, 0.1) is 0 Å². The predicted octanol–water partition coefficient (Wildman–Crippen LogP) is 2.85. The molecule has 6 nitrogen and oxygen atoms in total. The lowest BCUT2D eigenvalue weighted by atomic mass is 10.1. The summed E-state index contributed by atoms with van der Waals surface area (Å²) in [6.07, 6.45) is 4.63. The van der Waals surface area contributed by atoms with Crippen LogP contribution in [0.15, 0.2) is 12.3 Å². The molecule has 124 valence electrons. The van der Waals surface area contributed by atoms with Gasteiger partial charge in [0.15, 0.2) is 0 Å². The SMILES string of the molecule is CC(NCCC1CCCN1C(=O)OC(C)(C)C)c1ccn[nH]1. The lowest BCUT2D eigenvalue weighted by molar-refractivity contribution is 0.0220. The molecule has 1 amide bonds. The fraction of sp³-hybridized carbons (Fsp3) is 0.750. The molecule has 2 N–H and O–H groups in total. The van der Waals surface area contributed by atoms with Gasteiger partial charge in [-0.15, -0.1) is 0 Å². The molecule has 2 unspecified atom stereocenters. The van der Waals surface area contributed by atoms with Gasteiger partial charge in [-0.3, -0.25) is 5.10 Å². The lowest BCUT2D eigenvalue weighted by Crippen LogP contribution is -2.41. The standard InChI is InChI=1S/C16H28N4O2/c1-12(14-8-10-18-19-14)17-9-7-13-6-5-11-20(13)15(21)22-16(2,3)4/h8,10,12-13,17H,5-7,9,11H2,1-4H3,(H,18,19). The second-order valence-corrected chi connectivity index (χ2v) is 6.95. The Bertz CT molecular complexity index is 467. The van der Waals surface area contributed by atoms with Crippen LogP contribution in [-0.4, -0.2) is 45.9 Å². The maximum absolute atomic E-state index is 12.2. The highest BCUT2D eigenvalue weighted by molar-refractivity contribution is 5.68. The molecule has 0 aromatic carbocycles. The first-order valence-corrected chi connectivity index (χ1v) is 8.09. The van der Waals surface area contributed by atoms with Crippen molar-refractivity contribution in [2.24, 2.45) is 0 Å². The van der Waals surface area contributed by atoms with Crippen LogP contribution in [0.5, 0.6) is 0 Å². The maximum Gasteiger partial charge on any atom is 0.410 e. The van der Waals surface area contributed by atoms with Gasteiger partial charge in [0.25, 0.3) is 0 Å². The average Bonchev–Trinajstić information content (AvgIpc) is 3.08. The van der Waals surface area contributed by atoms with Crippen LogP contribution >= 0.6 is 0 Å². The summed E-state index contributed by atoms with van der Waals surface area (Å²) < 4.78 is 5.49. The van der Waals surface area contributed by atoms with E-state index < -0.39 is 5.60 Å². The van der Waals surface area contributed by atoms with Crippen LogP contribution < -0.4 is 5.32 Å². The molecule has 1 aliphatic heterocycles. The van der Waals surface area contributed by atoms with Gasteiger partial charge in [-0.25, -0.2) is 4.79 Å². The molecule has 0 spiro atoms. The van der Waals surface area contributed by atoms with E-state index in [2.05, 4.69) is 22.4 Å². The number of ether oxygens (including phenoxy) is 1. The third-order valence-electron chi connectivity index (χ3n) is 3.92. The number of rotatable bonds is 5. The number of hydrogen-bond acceptors (Lipinski definition) is 4. The minimum Gasteiger partial charge on any atom is -0.444 e. The van der Waals surface area contributed by atoms with Gasteiger partial charge in [0.05, 0.1) is 5.69 Å². The Morgan fingerprint density at radius 3 is 3.00 bits per heavy atom. The Hall–Kier alpha value is -1.56. The van der Waals surface area contributed by atoms with Crippen LogP contribution in [0.25, 0.3) is 0 Å². The first kappa shape index (κ1) is 16.8. The summed E-state index contributed by atoms with van der Waals surface area (Å²) in [6.45, 7) is 9.49. The number of likely N-dealkylation sites (tertiary alicyclic amines) is 1. The van der Waals surface area contributed by atoms with Gasteiger partial charge in [-0.05, 0) is 59.6 Å². The summed E-state index contributed by atoms with van der Waals surface area (Å²) in [4.78, 5) is 14.1. The molecule has 2 atom stereocenters. The topological polar surface area (TPSA) is 70.2 Å².